The van der Waals surface area contributed by atoms with Gasteiger partial charge in [-0.25, -0.2) is 5.90 Å². The lowest BCUT2D eigenvalue weighted by molar-refractivity contribution is 0.141. The van der Waals surface area contributed by atoms with Gasteiger partial charge in [-0.2, -0.15) is 0 Å². The lowest BCUT2D eigenvalue weighted by Crippen LogP contribution is -2.05. The Morgan fingerprint density at radius 2 is 2.40 bits per heavy atom. The number of rotatable bonds is 3. The van der Waals surface area contributed by atoms with E-state index < -0.39 is 0 Å². The topological polar surface area (TPSA) is 44.5 Å². The summed E-state index contributed by atoms with van der Waals surface area (Å²) in [6.07, 6.45) is 1.92. The average Bonchev–Trinajstić information content (AvgIpc) is 2.56. The predicted octanol–water partition coefficient (Wildman–Crippen LogP) is 2.10. The Hall–Kier alpha value is -0.770. The first-order chi connectivity index (χ1) is 7.20. The van der Waals surface area contributed by atoms with Crippen molar-refractivity contribution in [3.8, 4) is 5.75 Å². The third kappa shape index (κ3) is 2.25. The van der Waals surface area contributed by atoms with E-state index in [1.165, 1.54) is 5.56 Å². The fraction of sp³-hybridized carbons (Fsp3) is 0.455. The number of hydrogen-bond acceptors (Lipinski definition) is 3. The Kier molecular flexibility index (Phi) is 3.14. The van der Waals surface area contributed by atoms with Gasteiger partial charge in [0.05, 0.1) is 11.6 Å². The van der Waals surface area contributed by atoms with Crippen LogP contribution in [0.3, 0.4) is 0 Å². The number of fused-ring (bicyclic) bond motifs is 1. The monoisotopic (exact) mass is 227 g/mol. The molecule has 0 bridgehead atoms. The molecule has 3 nitrogen and oxygen atoms in total. The highest BCUT2D eigenvalue weighted by molar-refractivity contribution is 6.32. The molecule has 1 aliphatic heterocycles. The molecule has 1 aromatic rings. The zero-order chi connectivity index (χ0) is 10.8. The van der Waals surface area contributed by atoms with Gasteiger partial charge in [-0.15, -0.1) is 0 Å². The fourth-order valence-corrected chi connectivity index (χ4v) is 2.18. The highest BCUT2D eigenvalue weighted by Gasteiger charge is 2.22. The number of ether oxygens (including phenoxy) is 1. The van der Waals surface area contributed by atoms with Gasteiger partial charge in [0.25, 0.3) is 0 Å². The Bertz CT molecular complexity index is 368. The second-order valence-electron chi connectivity index (χ2n) is 3.82. The van der Waals surface area contributed by atoms with Gasteiger partial charge < -0.3 is 9.57 Å². The zero-order valence-electron chi connectivity index (χ0n) is 8.63. The van der Waals surface area contributed by atoms with Gasteiger partial charge in [-0.3, -0.25) is 0 Å². The molecule has 1 unspecified atom stereocenters. The molecular weight excluding hydrogens is 214 g/mol. The second kappa shape index (κ2) is 4.39. The van der Waals surface area contributed by atoms with Crippen LogP contribution >= 0.6 is 11.6 Å². The van der Waals surface area contributed by atoms with Gasteiger partial charge in [-0.05, 0) is 30.5 Å². The van der Waals surface area contributed by atoms with Crippen molar-refractivity contribution in [1.82, 2.24) is 0 Å². The van der Waals surface area contributed by atoms with E-state index in [4.69, 9.17) is 22.2 Å². The summed E-state index contributed by atoms with van der Waals surface area (Å²) >= 11 is 6.12. The van der Waals surface area contributed by atoms with Crippen LogP contribution in [0.2, 0.25) is 5.02 Å². The molecule has 0 saturated heterocycles. The molecule has 1 aliphatic rings. The van der Waals surface area contributed by atoms with E-state index in [9.17, 15) is 0 Å². The Balaban J connectivity index is 2.23. The van der Waals surface area contributed by atoms with E-state index in [1.54, 1.807) is 0 Å². The maximum Gasteiger partial charge on any atom is 0.141 e. The normalized spacial score (nSPS) is 18.7. The van der Waals surface area contributed by atoms with Crippen LogP contribution in [0.25, 0.3) is 0 Å². The molecule has 15 heavy (non-hydrogen) atoms. The standard InChI is InChI=1S/C11H14ClNO2/c1-7-4-9-5-8(2-3-14-13)6-10(12)11(9)15-7/h5-7H,2-4,13H2,1H3. The van der Waals surface area contributed by atoms with E-state index in [-0.39, 0.29) is 6.10 Å². The lowest BCUT2D eigenvalue weighted by atomic mass is 10.1. The summed E-state index contributed by atoms with van der Waals surface area (Å²) in [4.78, 5) is 4.55. The first kappa shape index (κ1) is 10.7. The van der Waals surface area contributed by atoms with Crippen LogP contribution < -0.4 is 10.6 Å². The van der Waals surface area contributed by atoms with Gasteiger partial charge >= 0.3 is 0 Å². The van der Waals surface area contributed by atoms with Crippen LogP contribution in [0.4, 0.5) is 0 Å². The highest BCUT2D eigenvalue weighted by atomic mass is 35.5. The molecule has 0 fully saturated rings. The molecule has 0 spiro atoms. The van der Waals surface area contributed by atoms with E-state index in [2.05, 4.69) is 10.9 Å². The van der Waals surface area contributed by atoms with E-state index in [0.717, 1.165) is 24.2 Å². The van der Waals surface area contributed by atoms with Crippen LogP contribution in [0.15, 0.2) is 12.1 Å². The highest BCUT2D eigenvalue weighted by Crippen LogP contribution is 2.36. The molecule has 1 heterocycles. The van der Waals surface area contributed by atoms with E-state index >= 15 is 0 Å². The summed E-state index contributed by atoms with van der Waals surface area (Å²) in [5, 5.41) is 0.684. The Morgan fingerprint density at radius 1 is 1.60 bits per heavy atom. The average molecular weight is 228 g/mol. The maximum atomic E-state index is 6.12. The van der Waals surface area contributed by atoms with Crippen molar-refractivity contribution in [1.29, 1.82) is 0 Å². The van der Waals surface area contributed by atoms with Crippen molar-refractivity contribution in [2.24, 2.45) is 5.90 Å². The summed E-state index contributed by atoms with van der Waals surface area (Å²) in [5.41, 5.74) is 2.32. The van der Waals surface area contributed by atoms with Crippen molar-refractivity contribution >= 4 is 11.6 Å². The minimum absolute atomic E-state index is 0.221. The van der Waals surface area contributed by atoms with Gasteiger partial charge in [0.15, 0.2) is 0 Å². The zero-order valence-corrected chi connectivity index (χ0v) is 9.38. The first-order valence-corrected chi connectivity index (χ1v) is 5.38. The number of nitrogens with two attached hydrogens (primary N) is 1. The first-order valence-electron chi connectivity index (χ1n) is 5.00. The minimum Gasteiger partial charge on any atom is -0.489 e. The molecule has 0 amide bonds. The fourth-order valence-electron chi connectivity index (χ4n) is 1.87. The molecule has 2 N–H and O–H groups in total. The molecular formula is C11H14ClNO2. The van der Waals surface area contributed by atoms with E-state index in [0.29, 0.717) is 11.6 Å². The van der Waals surface area contributed by atoms with Gasteiger partial charge in [0.1, 0.15) is 11.9 Å². The van der Waals surface area contributed by atoms with Gasteiger partial charge in [0, 0.05) is 6.42 Å². The van der Waals surface area contributed by atoms with Crippen LogP contribution in [-0.2, 0) is 17.7 Å². The maximum absolute atomic E-state index is 6.12. The molecule has 0 saturated carbocycles. The van der Waals surface area contributed by atoms with Crippen LogP contribution in [0.5, 0.6) is 5.75 Å². The molecule has 1 aromatic carbocycles. The Labute approximate surface area is 94.1 Å². The number of hydrogen-bond donors (Lipinski definition) is 1. The molecule has 1 atom stereocenters. The number of benzene rings is 1. The largest absolute Gasteiger partial charge is 0.489 e. The van der Waals surface area contributed by atoms with Crippen LogP contribution in [-0.4, -0.2) is 12.7 Å². The summed E-state index contributed by atoms with van der Waals surface area (Å²) in [7, 11) is 0. The van der Waals surface area contributed by atoms with Gasteiger partial charge in [0.2, 0.25) is 0 Å². The molecule has 0 aromatic heterocycles. The molecule has 4 heteroatoms. The van der Waals surface area contributed by atoms with Gasteiger partial charge in [-0.1, -0.05) is 17.7 Å². The Morgan fingerprint density at radius 3 is 3.13 bits per heavy atom. The summed E-state index contributed by atoms with van der Waals surface area (Å²) < 4.78 is 5.61. The SMILES string of the molecule is CC1Cc2cc(CCON)cc(Cl)c2O1. The lowest BCUT2D eigenvalue weighted by Gasteiger charge is -2.06. The van der Waals surface area contributed by atoms with Crippen molar-refractivity contribution in [2.75, 3.05) is 6.61 Å². The second-order valence-corrected chi connectivity index (χ2v) is 4.23. The van der Waals surface area contributed by atoms with Crippen molar-refractivity contribution in [3.05, 3.63) is 28.3 Å². The summed E-state index contributed by atoms with van der Waals surface area (Å²) in [6, 6.07) is 4.03. The van der Waals surface area contributed by atoms with Crippen LogP contribution in [0.1, 0.15) is 18.1 Å². The molecule has 2 rings (SSSR count). The summed E-state index contributed by atoms with van der Waals surface area (Å²) in [5.74, 6) is 5.83. The predicted molar refractivity (Wildman–Crippen MR) is 59.1 cm³/mol. The third-order valence-electron chi connectivity index (χ3n) is 2.52. The third-order valence-corrected chi connectivity index (χ3v) is 2.80. The molecule has 82 valence electrons. The van der Waals surface area contributed by atoms with Crippen molar-refractivity contribution < 1.29 is 9.57 Å². The summed E-state index contributed by atoms with van der Waals surface area (Å²) in [6.45, 7) is 2.55. The minimum atomic E-state index is 0.221. The quantitative estimate of drug-likeness (QED) is 0.805. The van der Waals surface area contributed by atoms with Crippen molar-refractivity contribution in [3.63, 3.8) is 0 Å². The van der Waals surface area contributed by atoms with Crippen molar-refractivity contribution in [2.45, 2.75) is 25.9 Å². The van der Waals surface area contributed by atoms with E-state index in [1.807, 2.05) is 13.0 Å². The number of halogens is 1. The van der Waals surface area contributed by atoms with Crippen LogP contribution in [0, 0.1) is 0 Å². The molecule has 0 aliphatic carbocycles. The molecule has 0 radical (unpaired) electrons. The smallest absolute Gasteiger partial charge is 0.141 e.